The van der Waals surface area contributed by atoms with Crippen molar-refractivity contribution in [1.82, 2.24) is 0 Å². The highest BCUT2D eigenvalue weighted by Crippen LogP contribution is 2.47. The first-order valence-corrected chi connectivity index (χ1v) is 12.8. The Labute approximate surface area is 220 Å². The summed E-state index contributed by atoms with van der Waals surface area (Å²) in [7, 11) is 1.34. The summed E-state index contributed by atoms with van der Waals surface area (Å²) in [6.07, 6.45) is -1.22. The van der Waals surface area contributed by atoms with Crippen LogP contribution in [0.5, 0.6) is 5.75 Å². The van der Waals surface area contributed by atoms with Crippen LogP contribution in [0.4, 0.5) is 10.5 Å². The molecular weight excluding hydrogens is 486 g/mol. The second kappa shape index (κ2) is 10.1. The molecule has 0 spiro atoms. The van der Waals surface area contributed by atoms with Crippen LogP contribution >= 0.6 is 0 Å². The van der Waals surface area contributed by atoms with E-state index in [-0.39, 0.29) is 43.5 Å². The third-order valence-electron chi connectivity index (χ3n) is 7.71. The first-order chi connectivity index (χ1) is 18.6. The lowest BCUT2D eigenvalue weighted by Gasteiger charge is -2.36. The average molecular weight is 516 g/mol. The fourth-order valence-corrected chi connectivity index (χ4v) is 5.99. The van der Waals surface area contributed by atoms with Gasteiger partial charge in [-0.25, -0.2) is 4.79 Å². The molecule has 0 radical (unpaired) electrons. The summed E-state index contributed by atoms with van der Waals surface area (Å²) in [5.74, 6) is 0.204. The Hall–Kier alpha value is -3.88. The zero-order valence-corrected chi connectivity index (χ0v) is 21.0. The SMILES string of the molecule is COC(=O)C[C@@H]1C[C@@H]2c3cc(NC(=O)OCC4c5ccccc5-c5ccccc54)ccc3O[C@@H]2[C@@H](CO)O1. The second-order valence-electron chi connectivity index (χ2n) is 9.89. The minimum atomic E-state index is -0.561. The van der Waals surface area contributed by atoms with Crippen molar-refractivity contribution in [1.29, 1.82) is 0 Å². The maximum absolute atomic E-state index is 12.8. The highest BCUT2D eigenvalue weighted by atomic mass is 16.6. The van der Waals surface area contributed by atoms with Gasteiger partial charge in [0.1, 0.15) is 24.6 Å². The number of aliphatic hydroxyl groups excluding tert-OH is 1. The summed E-state index contributed by atoms with van der Waals surface area (Å²) in [4.78, 5) is 24.6. The Kier molecular flexibility index (Phi) is 6.51. The molecule has 0 unspecified atom stereocenters. The van der Waals surface area contributed by atoms with Crippen molar-refractivity contribution in [2.75, 3.05) is 25.6 Å². The van der Waals surface area contributed by atoms with Crippen molar-refractivity contribution in [3.63, 3.8) is 0 Å². The van der Waals surface area contributed by atoms with Gasteiger partial charge in [-0.15, -0.1) is 0 Å². The third kappa shape index (κ3) is 4.40. The van der Waals surface area contributed by atoms with Crippen molar-refractivity contribution in [2.24, 2.45) is 0 Å². The molecule has 4 atom stereocenters. The molecule has 3 aliphatic rings. The molecule has 2 heterocycles. The predicted octanol–water partition coefficient (Wildman–Crippen LogP) is 4.61. The summed E-state index contributed by atoms with van der Waals surface area (Å²) in [5, 5.41) is 12.7. The van der Waals surface area contributed by atoms with Gasteiger partial charge in [0, 0.05) is 23.1 Å². The normalized spacial score (nSPS) is 22.9. The van der Waals surface area contributed by atoms with Crippen LogP contribution in [0.25, 0.3) is 11.1 Å². The van der Waals surface area contributed by atoms with Gasteiger partial charge in [-0.1, -0.05) is 48.5 Å². The molecule has 196 valence electrons. The molecule has 2 N–H and O–H groups in total. The number of methoxy groups -OCH3 is 1. The maximum atomic E-state index is 12.8. The van der Waals surface area contributed by atoms with Crippen LogP contribution in [0, 0.1) is 0 Å². The number of esters is 1. The molecule has 0 bridgehead atoms. The van der Waals surface area contributed by atoms with Gasteiger partial charge in [0.05, 0.1) is 26.2 Å². The van der Waals surface area contributed by atoms with E-state index in [1.54, 1.807) is 12.1 Å². The van der Waals surface area contributed by atoms with E-state index in [2.05, 4.69) is 29.6 Å². The number of hydrogen-bond donors (Lipinski definition) is 2. The summed E-state index contributed by atoms with van der Waals surface area (Å²) in [5.41, 5.74) is 6.15. The van der Waals surface area contributed by atoms with E-state index in [9.17, 15) is 14.7 Å². The summed E-state index contributed by atoms with van der Waals surface area (Å²) >= 11 is 0. The highest BCUT2D eigenvalue weighted by molar-refractivity contribution is 5.85. The second-order valence-corrected chi connectivity index (χ2v) is 9.89. The van der Waals surface area contributed by atoms with Gasteiger partial charge in [-0.3, -0.25) is 10.1 Å². The van der Waals surface area contributed by atoms with Crippen molar-refractivity contribution in [3.05, 3.63) is 83.4 Å². The molecule has 1 amide bonds. The Balaban J connectivity index is 1.14. The lowest BCUT2D eigenvalue weighted by molar-refractivity contribution is -0.156. The predicted molar refractivity (Wildman–Crippen MR) is 139 cm³/mol. The van der Waals surface area contributed by atoms with Gasteiger partial charge in [-0.05, 0) is 46.9 Å². The number of carbonyl (C=O) groups is 2. The van der Waals surface area contributed by atoms with E-state index < -0.39 is 18.3 Å². The Morgan fingerprint density at radius 1 is 1.00 bits per heavy atom. The van der Waals surface area contributed by atoms with E-state index in [1.807, 2.05) is 30.3 Å². The van der Waals surface area contributed by atoms with Gasteiger partial charge in [-0.2, -0.15) is 0 Å². The molecule has 3 aromatic rings. The third-order valence-corrected chi connectivity index (χ3v) is 7.71. The van der Waals surface area contributed by atoms with Crippen LogP contribution < -0.4 is 10.1 Å². The van der Waals surface area contributed by atoms with Crippen molar-refractivity contribution < 1.29 is 33.6 Å². The maximum Gasteiger partial charge on any atom is 0.411 e. The van der Waals surface area contributed by atoms with Crippen molar-refractivity contribution >= 4 is 17.7 Å². The highest BCUT2D eigenvalue weighted by Gasteiger charge is 2.46. The van der Waals surface area contributed by atoms with Gasteiger partial charge >= 0.3 is 12.1 Å². The number of ether oxygens (including phenoxy) is 4. The summed E-state index contributed by atoms with van der Waals surface area (Å²) < 4.78 is 22.5. The summed E-state index contributed by atoms with van der Waals surface area (Å²) in [6.45, 7) is 0.00101. The number of benzene rings is 3. The molecule has 8 nitrogen and oxygen atoms in total. The topological polar surface area (TPSA) is 103 Å². The largest absolute Gasteiger partial charge is 0.487 e. The number of anilines is 1. The van der Waals surface area contributed by atoms with Crippen LogP contribution in [0.15, 0.2) is 66.7 Å². The molecule has 0 saturated carbocycles. The van der Waals surface area contributed by atoms with E-state index >= 15 is 0 Å². The smallest absolute Gasteiger partial charge is 0.411 e. The van der Waals surface area contributed by atoms with Crippen LogP contribution in [0.1, 0.15) is 41.4 Å². The van der Waals surface area contributed by atoms with E-state index in [0.29, 0.717) is 17.9 Å². The molecule has 1 aliphatic carbocycles. The van der Waals surface area contributed by atoms with Crippen LogP contribution in [-0.2, 0) is 19.0 Å². The number of rotatable bonds is 6. The van der Waals surface area contributed by atoms with E-state index in [4.69, 9.17) is 18.9 Å². The Morgan fingerprint density at radius 2 is 1.71 bits per heavy atom. The van der Waals surface area contributed by atoms with Crippen LogP contribution in [0.2, 0.25) is 0 Å². The number of carbonyl (C=O) groups excluding carboxylic acids is 2. The first kappa shape index (κ1) is 24.5. The zero-order valence-electron chi connectivity index (χ0n) is 21.0. The molecule has 38 heavy (non-hydrogen) atoms. The van der Waals surface area contributed by atoms with Crippen molar-refractivity contribution in [2.45, 2.75) is 43.0 Å². The van der Waals surface area contributed by atoms with Crippen LogP contribution in [0.3, 0.4) is 0 Å². The van der Waals surface area contributed by atoms with Crippen LogP contribution in [-0.4, -0.2) is 55.8 Å². The van der Waals surface area contributed by atoms with Gasteiger partial charge in [0.15, 0.2) is 0 Å². The molecule has 1 saturated heterocycles. The lowest BCUT2D eigenvalue weighted by atomic mass is 9.84. The minimum absolute atomic E-state index is 0.0215. The molecule has 2 aliphatic heterocycles. The standard InChI is InChI=1S/C30H29NO7/c1-35-28(33)14-18-13-24-23-12-17(10-11-26(23)38-29(24)27(15-32)37-18)31-30(34)36-16-25-21-8-4-2-6-19(21)20-7-3-5-9-22(20)25/h2-12,18,24-25,27,29,32H,13-16H2,1H3,(H,31,34)/t18-,24+,27+,29-/m0/s1. The lowest BCUT2D eigenvalue weighted by Crippen LogP contribution is -2.46. The minimum Gasteiger partial charge on any atom is -0.487 e. The molecular formula is C30H29NO7. The fraction of sp³-hybridized carbons (Fsp3) is 0.333. The monoisotopic (exact) mass is 515 g/mol. The number of hydrogen-bond acceptors (Lipinski definition) is 7. The number of nitrogens with one attached hydrogen (secondary N) is 1. The number of fused-ring (bicyclic) bond motifs is 6. The summed E-state index contributed by atoms with van der Waals surface area (Å²) in [6, 6.07) is 21.8. The van der Waals surface area contributed by atoms with Crippen molar-refractivity contribution in [3.8, 4) is 16.9 Å². The molecule has 1 fully saturated rings. The molecule has 8 heteroatoms. The Bertz CT molecular complexity index is 1330. The quantitative estimate of drug-likeness (QED) is 0.462. The van der Waals surface area contributed by atoms with Gasteiger partial charge in [0.25, 0.3) is 0 Å². The van der Waals surface area contributed by atoms with E-state index in [1.165, 1.54) is 18.2 Å². The number of amides is 1. The number of aliphatic hydroxyl groups is 1. The molecule has 0 aromatic heterocycles. The first-order valence-electron chi connectivity index (χ1n) is 12.8. The molecule has 6 rings (SSSR count). The fourth-order valence-electron chi connectivity index (χ4n) is 5.99. The Morgan fingerprint density at radius 3 is 2.39 bits per heavy atom. The average Bonchev–Trinajstić information content (AvgIpc) is 3.47. The molecule has 3 aromatic carbocycles. The van der Waals surface area contributed by atoms with Gasteiger partial charge in [0.2, 0.25) is 0 Å². The van der Waals surface area contributed by atoms with E-state index in [0.717, 1.165) is 16.7 Å². The van der Waals surface area contributed by atoms with Gasteiger partial charge < -0.3 is 24.1 Å². The zero-order chi connectivity index (χ0) is 26.2.